The minimum atomic E-state index is 0.763. The molecule has 1 N–H and O–H groups in total. The maximum absolute atomic E-state index is 5.89. The van der Waals surface area contributed by atoms with E-state index in [-0.39, 0.29) is 0 Å². The fourth-order valence-electron chi connectivity index (χ4n) is 2.12. The molecule has 1 heterocycles. The van der Waals surface area contributed by atoms with Gasteiger partial charge in [0.25, 0.3) is 0 Å². The molecule has 0 saturated carbocycles. The van der Waals surface area contributed by atoms with Gasteiger partial charge in [-0.3, -0.25) is 4.68 Å². The van der Waals surface area contributed by atoms with Gasteiger partial charge in [-0.15, -0.1) is 0 Å². The SMILES string of the molecule is COCCNCCCc1cnn(Cc2ccc(Cl)cc2)c1. The predicted molar refractivity (Wildman–Crippen MR) is 85.8 cm³/mol. The summed E-state index contributed by atoms with van der Waals surface area (Å²) < 4.78 is 6.96. The van der Waals surface area contributed by atoms with Crippen LogP contribution in [0.3, 0.4) is 0 Å². The Labute approximate surface area is 131 Å². The highest BCUT2D eigenvalue weighted by atomic mass is 35.5. The van der Waals surface area contributed by atoms with Gasteiger partial charge in [0.15, 0.2) is 0 Å². The number of rotatable bonds is 9. The first-order valence-electron chi connectivity index (χ1n) is 7.23. The zero-order valence-electron chi connectivity index (χ0n) is 12.4. The van der Waals surface area contributed by atoms with E-state index < -0.39 is 0 Å². The summed E-state index contributed by atoms with van der Waals surface area (Å²) in [6.45, 7) is 3.46. The second kappa shape index (κ2) is 8.82. The van der Waals surface area contributed by atoms with E-state index in [9.17, 15) is 0 Å². The van der Waals surface area contributed by atoms with Gasteiger partial charge in [0.1, 0.15) is 0 Å². The van der Waals surface area contributed by atoms with Crippen molar-refractivity contribution in [2.24, 2.45) is 0 Å². The van der Waals surface area contributed by atoms with Crippen molar-refractivity contribution in [3.8, 4) is 0 Å². The normalized spacial score (nSPS) is 11.0. The van der Waals surface area contributed by atoms with Gasteiger partial charge < -0.3 is 10.1 Å². The Balaban J connectivity index is 1.72. The number of aryl methyl sites for hydroxylation is 1. The van der Waals surface area contributed by atoms with E-state index in [0.717, 1.165) is 44.1 Å². The summed E-state index contributed by atoms with van der Waals surface area (Å²) in [5, 5.41) is 8.51. The Hall–Kier alpha value is -1.36. The molecule has 0 saturated heterocycles. The molecule has 0 fully saturated rings. The summed E-state index contributed by atoms with van der Waals surface area (Å²) in [6, 6.07) is 7.88. The van der Waals surface area contributed by atoms with E-state index in [1.807, 2.05) is 35.1 Å². The summed E-state index contributed by atoms with van der Waals surface area (Å²) in [4.78, 5) is 0. The average Bonchev–Trinajstić information content (AvgIpc) is 2.93. The Kier molecular flexibility index (Phi) is 6.73. The number of methoxy groups -OCH3 is 1. The topological polar surface area (TPSA) is 39.1 Å². The number of nitrogens with zero attached hydrogens (tertiary/aromatic N) is 2. The Morgan fingerprint density at radius 3 is 2.76 bits per heavy atom. The molecule has 0 spiro atoms. The van der Waals surface area contributed by atoms with Gasteiger partial charge in [-0.2, -0.15) is 5.10 Å². The molecular formula is C16H22ClN3O. The van der Waals surface area contributed by atoms with Crippen LogP contribution in [0.5, 0.6) is 0 Å². The third kappa shape index (κ3) is 5.87. The van der Waals surface area contributed by atoms with Gasteiger partial charge in [-0.05, 0) is 42.6 Å². The van der Waals surface area contributed by atoms with Crippen LogP contribution >= 0.6 is 11.6 Å². The minimum absolute atomic E-state index is 0.763. The average molecular weight is 308 g/mol. The second-order valence-electron chi connectivity index (χ2n) is 5.02. The van der Waals surface area contributed by atoms with Crippen LogP contribution in [-0.4, -0.2) is 36.6 Å². The Bertz CT molecular complexity index is 525. The first kappa shape index (κ1) is 16.0. The van der Waals surface area contributed by atoms with Crippen molar-refractivity contribution < 1.29 is 4.74 Å². The van der Waals surface area contributed by atoms with Crippen LogP contribution < -0.4 is 5.32 Å². The molecule has 0 amide bonds. The number of hydrogen-bond donors (Lipinski definition) is 1. The summed E-state index contributed by atoms with van der Waals surface area (Å²) in [7, 11) is 1.72. The maximum Gasteiger partial charge on any atom is 0.0659 e. The minimum Gasteiger partial charge on any atom is -0.383 e. The van der Waals surface area contributed by atoms with Crippen LogP contribution in [0.2, 0.25) is 5.02 Å². The monoisotopic (exact) mass is 307 g/mol. The van der Waals surface area contributed by atoms with E-state index in [0.29, 0.717) is 0 Å². The molecular weight excluding hydrogens is 286 g/mol. The van der Waals surface area contributed by atoms with Crippen LogP contribution in [0.25, 0.3) is 0 Å². The largest absolute Gasteiger partial charge is 0.383 e. The van der Waals surface area contributed by atoms with Crippen molar-refractivity contribution in [3.63, 3.8) is 0 Å². The number of aromatic nitrogens is 2. The second-order valence-corrected chi connectivity index (χ2v) is 5.46. The van der Waals surface area contributed by atoms with E-state index in [2.05, 4.69) is 16.6 Å². The predicted octanol–water partition coefficient (Wildman–Crippen LogP) is 2.75. The molecule has 0 atom stereocenters. The van der Waals surface area contributed by atoms with Crippen molar-refractivity contribution in [2.45, 2.75) is 19.4 Å². The van der Waals surface area contributed by atoms with Crippen molar-refractivity contribution >= 4 is 11.6 Å². The van der Waals surface area contributed by atoms with Crippen LogP contribution in [0, 0.1) is 0 Å². The molecule has 114 valence electrons. The summed E-state index contributed by atoms with van der Waals surface area (Å²) in [6.07, 6.45) is 6.21. The third-order valence-corrected chi connectivity index (χ3v) is 3.50. The fraction of sp³-hybridized carbons (Fsp3) is 0.438. The van der Waals surface area contributed by atoms with Crippen molar-refractivity contribution in [1.82, 2.24) is 15.1 Å². The number of ether oxygens (including phenoxy) is 1. The highest BCUT2D eigenvalue weighted by Gasteiger charge is 2.00. The maximum atomic E-state index is 5.89. The zero-order valence-corrected chi connectivity index (χ0v) is 13.1. The molecule has 0 radical (unpaired) electrons. The lowest BCUT2D eigenvalue weighted by Gasteiger charge is -2.03. The van der Waals surface area contributed by atoms with E-state index in [1.165, 1.54) is 11.1 Å². The fourth-order valence-corrected chi connectivity index (χ4v) is 2.24. The highest BCUT2D eigenvalue weighted by Crippen LogP contribution is 2.11. The zero-order chi connectivity index (χ0) is 14.9. The quantitative estimate of drug-likeness (QED) is 0.724. The summed E-state index contributed by atoms with van der Waals surface area (Å²) in [5.74, 6) is 0. The van der Waals surface area contributed by atoms with Crippen LogP contribution in [0.15, 0.2) is 36.7 Å². The van der Waals surface area contributed by atoms with Crippen LogP contribution in [0.4, 0.5) is 0 Å². The van der Waals surface area contributed by atoms with Gasteiger partial charge in [0, 0.05) is 24.9 Å². The van der Waals surface area contributed by atoms with Gasteiger partial charge in [0.05, 0.1) is 19.3 Å². The molecule has 2 aromatic rings. The molecule has 0 bridgehead atoms. The molecule has 4 nitrogen and oxygen atoms in total. The molecule has 1 aromatic carbocycles. The molecule has 5 heteroatoms. The summed E-state index contributed by atoms with van der Waals surface area (Å²) in [5.41, 5.74) is 2.48. The molecule has 0 unspecified atom stereocenters. The lowest BCUT2D eigenvalue weighted by Crippen LogP contribution is -2.20. The summed E-state index contributed by atoms with van der Waals surface area (Å²) >= 11 is 5.89. The van der Waals surface area contributed by atoms with Gasteiger partial charge in [-0.25, -0.2) is 0 Å². The van der Waals surface area contributed by atoms with Crippen molar-refractivity contribution in [3.05, 3.63) is 52.8 Å². The highest BCUT2D eigenvalue weighted by molar-refractivity contribution is 6.30. The molecule has 0 aliphatic heterocycles. The van der Waals surface area contributed by atoms with Gasteiger partial charge in [0.2, 0.25) is 0 Å². The lowest BCUT2D eigenvalue weighted by atomic mass is 10.2. The molecule has 2 rings (SSSR count). The number of halogens is 1. The van der Waals surface area contributed by atoms with Gasteiger partial charge in [-0.1, -0.05) is 23.7 Å². The first-order chi connectivity index (χ1) is 10.3. The van der Waals surface area contributed by atoms with E-state index in [4.69, 9.17) is 16.3 Å². The Morgan fingerprint density at radius 2 is 2.00 bits per heavy atom. The smallest absolute Gasteiger partial charge is 0.0659 e. The molecule has 21 heavy (non-hydrogen) atoms. The standard InChI is InChI=1S/C16H22ClN3O/c1-21-10-9-18-8-2-3-15-11-19-20(13-15)12-14-4-6-16(17)7-5-14/h4-7,11,13,18H,2-3,8-10,12H2,1H3. The lowest BCUT2D eigenvalue weighted by molar-refractivity contribution is 0.199. The van der Waals surface area contributed by atoms with Crippen molar-refractivity contribution in [2.75, 3.05) is 26.8 Å². The van der Waals surface area contributed by atoms with Crippen LogP contribution in [0.1, 0.15) is 17.5 Å². The number of benzene rings is 1. The Morgan fingerprint density at radius 1 is 1.19 bits per heavy atom. The number of hydrogen-bond acceptors (Lipinski definition) is 3. The molecule has 0 aliphatic rings. The molecule has 1 aromatic heterocycles. The van der Waals surface area contributed by atoms with Crippen molar-refractivity contribution in [1.29, 1.82) is 0 Å². The van der Waals surface area contributed by atoms with E-state index >= 15 is 0 Å². The third-order valence-electron chi connectivity index (χ3n) is 3.25. The first-order valence-corrected chi connectivity index (χ1v) is 7.61. The van der Waals surface area contributed by atoms with Gasteiger partial charge >= 0.3 is 0 Å². The molecule has 0 aliphatic carbocycles. The van der Waals surface area contributed by atoms with E-state index in [1.54, 1.807) is 7.11 Å². The van der Waals surface area contributed by atoms with Crippen LogP contribution in [-0.2, 0) is 17.7 Å². The number of nitrogens with one attached hydrogen (secondary N) is 1.